The number of amides is 4. The number of fused-ring (bicyclic) bond motifs is 1. The highest BCUT2D eigenvalue weighted by molar-refractivity contribution is 8.00. The highest BCUT2D eigenvalue weighted by Crippen LogP contribution is 2.23. The number of primary amides is 1. The van der Waals surface area contributed by atoms with Crippen molar-refractivity contribution in [2.45, 2.75) is 4.90 Å². The van der Waals surface area contributed by atoms with Crippen molar-refractivity contribution in [3.63, 3.8) is 0 Å². The van der Waals surface area contributed by atoms with Gasteiger partial charge in [-0.15, -0.1) is 11.8 Å². The summed E-state index contributed by atoms with van der Waals surface area (Å²) in [5, 5.41) is 9.28. The van der Waals surface area contributed by atoms with Gasteiger partial charge in [-0.05, 0) is 72.8 Å². The summed E-state index contributed by atoms with van der Waals surface area (Å²) in [7, 11) is 0. The molecule has 1 heterocycles. The predicted octanol–water partition coefficient (Wildman–Crippen LogP) is 5.41. The first kappa shape index (κ1) is 28.9. The highest BCUT2D eigenvalue weighted by Gasteiger charge is 2.16. The van der Waals surface area contributed by atoms with Crippen LogP contribution in [0.4, 0.5) is 11.4 Å². The van der Waals surface area contributed by atoms with Crippen LogP contribution in [-0.4, -0.2) is 34.4 Å². The van der Waals surface area contributed by atoms with Gasteiger partial charge in [0, 0.05) is 50.1 Å². The summed E-state index contributed by atoms with van der Waals surface area (Å²) in [6, 6.07) is 29.7. The average molecular weight is 590 g/mol. The number of rotatable bonds is 10. The molecule has 0 atom stereocenters. The summed E-state index contributed by atoms with van der Waals surface area (Å²) in [5.74, 6) is -1.49. The second kappa shape index (κ2) is 13.4. The molecule has 1 aromatic heterocycles. The summed E-state index contributed by atoms with van der Waals surface area (Å²) in [6.07, 6.45) is 3.42. The van der Waals surface area contributed by atoms with Crippen molar-refractivity contribution in [3.8, 4) is 0 Å². The van der Waals surface area contributed by atoms with Crippen molar-refractivity contribution in [2.24, 2.45) is 5.73 Å². The minimum atomic E-state index is -0.536. The first-order valence-electron chi connectivity index (χ1n) is 13.2. The summed E-state index contributed by atoms with van der Waals surface area (Å²) >= 11 is 1.33. The van der Waals surface area contributed by atoms with E-state index in [1.807, 2.05) is 30.3 Å². The molecule has 0 unspecified atom stereocenters. The molecule has 0 aliphatic heterocycles. The molecule has 0 bridgehead atoms. The van der Waals surface area contributed by atoms with E-state index in [0.717, 1.165) is 21.4 Å². The van der Waals surface area contributed by atoms with Gasteiger partial charge in [0.25, 0.3) is 11.8 Å². The average Bonchev–Trinajstić information content (AvgIpc) is 3.43. The fourth-order valence-corrected chi connectivity index (χ4v) is 4.91. The predicted molar refractivity (Wildman–Crippen MR) is 170 cm³/mol. The second-order valence-corrected chi connectivity index (χ2v) is 10.5. The Bertz CT molecular complexity index is 1810. The van der Waals surface area contributed by atoms with Crippen LogP contribution in [0.15, 0.2) is 120 Å². The van der Waals surface area contributed by atoms with Gasteiger partial charge in [-0.25, -0.2) is 0 Å². The molecule has 0 spiro atoms. The lowest BCUT2D eigenvalue weighted by Gasteiger charge is -2.12. The molecule has 6 N–H and O–H groups in total. The third-order valence-corrected chi connectivity index (χ3v) is 7.40. The van der Waals surface area contributed by atoms with E-state index in [1.54, 1.807) is 85.1 Å². The normalized spacial score (nSPS) is 11.1. The van der Waals surface area contributed by atoms with Crippen molar-refractivity contribution in [3.05, 3.63) is 132 Å². The Kier molecular flexibility index (Phi) is 8.99. The van der Waals surface area contributed by atoms with Gasteiger partial charge in [0.05, 0.1) is 5.75 Å². The van der Waals surface area contributed by atoms with Crippen LogP contribution < -0.4 is 21.7 Å². The zero-order valence-electron chi connectivity index (χ0n) is 22.8. The number of aromatic amines is 1. The van der Waals surface area contributed by atoms with Gasteiger partial charge in [-0.2, -0.15) is 0 Å². The van der Waals surface area contributed by atoms with E-state index in [4.69, 9.17) is 5.73 Å². The molecule has 214 valence electrons. The number of carbonyl (C=O) groups excluding carboxylic acids is 4. The van der Waals surface area contributed by atoms with Gasteiger partial charge in [0.15, 0.2) is 0 Å². The lowest BCUT2D eigenvalue weighted by Crippen LogP contribution is -2.30. The van der Waals surface area contributed by atoms with Crippen LogP contribution in [0.1, 0.15) is 26.3 Å². The first-order chi connectivity index (χ1) is 20.9. The van der Waals surface area contributed by atoms with E-state index < -0.39 is 17.7 Å². The van der Waals surface area contributed by atoms with Gasteiger partial charge in [-0.1, -0.05) is 36.4 Å². The van der Waals surface area contributed by atoms with E-state index >= 15 is 0 Å². The summed E-state index contributed by atoms with van der Waals surface area (Å²) < 4.78 is 0. The molecule has 43 heavy (non-hydrogen) atoms. The van der Waals surface area contributed by atoms with E-state index in [9.17, 15) is 19.2 Å². The van der Waals surface area contributed by atoms with Crippen LogP contribution in [0.2, 0.25) is 0 Å². The van der Waals surface area contributed by atoms with Gasteiger partial charge >= 0.3 is 0 Å². The fraction of sp³-hybridized carbons (Fsp3) is 0.0303. The molecule has 0 saturated heterocycles. The molecular formula is C33H27N5O4S. The molecule has 4 aromatic carbocycles. The Morgan fingerprint density at radius 2 is 1.40 bits per heavy atom. The molecule has 0 saturated carbocycles. The molecule has 5 rings (SSSR count). The number of hydrogen-bond acceptors (Lipinski definition) is 5. The standard InChI is InChI=1S/C33H27N5O4S/c34-31(40)21-10-12-24(13-11-21)36-30(39)20-43-26-16-14-25(15-17-26)37-33(42)29(38-32(41)22-6-2-1-3-7-22)18-23-19-35-28-9-5-4-8-27(23)28/h1-19,35H,20H2,(H2,34,40)(H,36,39)(H,37,42)(H,38,41)/b29-18+. The molecule has 10 heteroatoms. The van der Waals surface area contributed by atoms with E-state index in [0.29, 0.717) is 22.5 Å². The molecule has 0 aliphatic rings. The molecule has 5 aromatic rings. The van der Waals surface area contributed by atoms with Crippen LogP contribution >= 0.6 is 11.8 Å². The van der Waals surface area contributed by atoms with Crippen molar-refractivity contribution in [1.82, 2.24) is 10.3 Å². The summed E-state index contributed by atoms with van der Waals surface area (Å²) in [4.78, 5) is 53.9. The Morgan fingerprint density at radius 3 is 2.12 bits per heavy atom. The number of nitrogens with two attached hydrogens (primary N) is 1. The van der Waals surface area contributed by atoms with Crippen molar-refractivity contribution < 1.29 is 19.2 Å². The van der Waals surface area contributed by atoms with E-state index in [1.165, 1.54) is 11.8 Å². The maximum absolute atomic E-state index is 13.4. The van der Waals surface area contributed by atoms with Crippen molar-refractivity contribution in [2.75, 3.05) is 16.4 Å². The van der Waals surface area contributed by atoms with Gasteiger partial charge in [0.1, 0.15) is 5.70 Å². The number of thioether (sulfide) groups is 1. The van der Waals surface area contributed by atoms with Gasteiger partial charge in [0.2, 0.25) is 11.8 Å². The zero-order chi connectivity index (χ0) is 30.2. The fourth-order valence-electron chi connectivity index (χ4n) is 4.21. The Hall–Kier alpha value is -5.61. The third-order valence-electron chi connectivity index (χ3n) is 6.39. The third kappa shape index (κ3) is 7.57. The Labute approximate surface area is 251 Å². The molecule has 9 nitrogen and oxygen atoms in total. The maximum Gasteiger partial charge on any atom is 0.272 e. The minimum absolute atomic E-state index is 0.0811. The summed E-state index contributed by atoms with van der Waals surface area (Å²) in [5.41, 5.74) is 8.85. The van der Waals surface area contributed by atoms with Crippen LogP contribution in [0, 0.1) is 0 Å². The van der Waals surface area contributed by atoms with Gasteiger partial charge < -0.3 is 26.7 Å². The highest BCUT2D eigenvalue weighted by atomic mass is 32.2. The number of nitrogens with one attached hydrogen (secondary N) is 4. The van der Waals surface area contributed by atoms with Crippen LogP contribution in [0.5, 0.6) is 0 Å². The molecule has 4 amide bonds. The van der Waals surface area contributed by atoms with E-state index in [-0.39, 0.29) is 17.4 Å². The smallest absolute Gasteiger partial charge is 0.272 e. The lowest BCUT2D eigenvalue weighted by molar-refractivity contribution is -0.114. The molecule has 0 aliphatic carbocycles. The molecule has 0 radical (unpaired) electrons. The molecule has 0 fully saturated rings. The lowest BCUT2D eigenvalue weighted by atomic mass is 10.1. The number of carbonyl (C=O) groups is 4. The minimum Gasteiger partial charge on any atom is -0.366 e. The number of hydrogen-bond donors (Lipinski definition) is 5. The van der Waals surface area contributed by atoms with Crippen molar-refractivity contribution >= 4 is 63.7 Å². The second-order valence-electron chi connectivity index (χ2n) is 9.42. The number of aromatic nitrogens is 1. The number of benzene rings is 4. The molecular weight excluding hydrogens is 562 g/mol. The Balaban J connectivity index is 1.24. The topological polar surface area (TPSA) is 146 Å². The number of para-hydroxylation sites is 1. The van der Waals surface area contributed by atoms with Crippen LogP contribution in [-0.2, 0) is 9.59 Å². The summed E-state index contributed by atoms with van der Waals surface area (Å²) in [6.45, 7) is 0. The van der Waals surface area contributed by atoms with Crippen LogP contribution in [0.25, 0.3) is 17.0 Å². The van der Waals surface area contributed by atoms with E-state index in [2.05, 4.69) is 20.9 Å². The number of anilines is 2. The van der Waals surface area contributed by atoms with Crippen molar-refractivity contribution in [1.29, 1.82) is 0 Å². The first-order valence-corrected chi connectivity index (χ1v) is 14.2. The number of H-pyrrole nitrogens is 1. The maximum atomic E-state index is 13.4. The Morgan fingerprint density at radius 1 is 0.744 bits per heavy atom. The SMILES string of the molecule is NC(=O)c1ccc(NC(=O)CSc2ccc(NC(=O)/C(=C\c3c[nH]c4ccccc34)NC(=O)c3ccccc3)cc2)cc1. The monoisotopic (exact) mass is 589 g/mol. The largest absolute Gasteiger partial charge is 0.366 e. The van der Waals surface area contributed by atoms with Crippen LogP contribution in [0.3, 0.4) is 0 Å². The quantitative estimate of drug-likeness (QED) is 0.109. The van der Waals surface area contributed by atoms with Gasteiger partial charge in [-0.3, -0.25) is 19.2 Å². The zero-order valence-corrected chi connectivity index (χ0v) is 23.6.